The Balaban J connectivity index is 2.37. The third kappa shape index (κ3) is 2.78. The highest BCUT2D eigenvalue weighted by Gasteiger charge is 2.21. The van der Waals surface area contributed by atoms with Crippen LogP contribution < -0.4 is 5.73 Å². The van der Waals surface area contributed by atoms with Crippen LogP contribution in [0.2, 0.25) is 0 Å². The van der Waals surface area contributed by atoms with Crippen LogP contribution in [0.1, 0.15) is 34.1 Å². The summed E-state index contributed by atoms with van der Waals surface area (Å²) in [6, 6.07) is 9.97. The lowest BCUT2D eigenvalue weighted by Gasteiger charge is -2.06. The van der Waals surface area contributed by atoms with E-state index < -0.39 is 0 Å². The topological polar surface area (TPSA) is 68.1 Å². The number of esters is 1. The molecule has 1 aromatic heterocycles. The van der Waals surface area contributed by atoms with Gasteiger partial charge in [0.15, 0.2) is 0 Å². The van der Waals surface area contributed by atoms with Gasteiger partial charge >= 0.3 is 5.97 Å². The molecule has 0 aliphatic rings. The molecular weight excluding hydrogens is 240 g/mol. The molecule has 1 aromatic carbocycles. The van der Waals surface area contributed by atoms with E-state index in [1.807, 2.05) is 37.3 Å². The number of rotatable bonds is 4. The van der Waals surface area contributed by atoms with Crippen molar-refractivity contribution in [2.45, 2.75) is 20.3 Å². The second-order valence-corrected chi connectivity index (χ2v) is 4.40. The average molecular weight is 258 g/mol. The zero-order chi connectivity index (χ0) is 13.8. The number of carbonyl (C=O) groups excluding carboxylic acids is 1. The first-order chi connectivity index (χ1) is 9.13. The Labute approximate surface area is 112 Å². The van der Waals surface area contributed by atoms with Crippen LogP contribution in [0.4, 0.5) is 5.82 Å². The Bertz CT molecular complexity index is 573. The summed E-state index contributed by atoms with van der Waals surface area (Å²) in [5, 5.41) is 0. The average Bonchev–Trinajstić information content (AvgIpc) is 2.66. The Morgan fingerprint density at radius 1 is 1.32 bits per heavy atom. The van der Waals surface area contributed by atoms with Crippen LogP contribution in [0.5, 0.6) is 0 Å². The van der Waals surface area contributed by atoms with Gasteiger partial charge in [0.05, 0.1) is 6.61 Å². The molecule has 0 atom stereocenters. The first kappa shape index (κ1) is 13.2. The third-order valence-corrected chi connectivity index (χ3v) is 3.05. The Kier molecular flexibility index (Phi) is 3.90. The number of carbonyl (C=O) groups is 1. The van der Waals surface area contributed by atoms with Gasteiger partial charge in [0.25, 0.3) is 0 Å². The summed E-state index contributed by atoms with van der Waals surface area (Å²) in [5.41, 5.74) is 9.28. The van der Waals surface area contributed by atoms with E-state index in [2.05, 4.69) is 4.98 Å². The van der Waals surface area contributed by atoms with Crippen molar-refractivity contribution in [1.29, 1.82) is 0 Å². The van der Waals surface area contributed by atoms with Crippen molar-refractivity contribution in [3.63, 3.8) is 0 Å². The molecule has 0 saturated heterocycles. The molecule has 0 saturated carbocycles. The van der Waals surface area contributed by atoms with E-state index in [0.717, 1.165) is 16.8 Å². The van der Waals surface area contributed by atoms with Crippen LogP contribution in [-0.4, -0.2) is 17.6 Å². The Morgan fingerprint density at radius 3 is 2.63 bits per heavy atom. The van der Waals surface area contributed by atoms with Gasteiger partial charge < -0.3 is 15.5 Å². The monoisotopic (exact) mass is 258 g/mol. The highest BCUT2D eigenvalue weighted by molar-refractivity contribution is 5.96. The summed E-state index contributed by atoms with van der Waals surface area (Å²) in [6.45, 7) is 4.04. The molecule has 0 unspecified atom stereocenters. The van der Waals surface area contributed by atoms with Gasteiger partial charge in [0.1, 0.15) is 11.4 Å². The van der Waals surface area contributed by atoms with Crippen molar-refractivity contribution in [3.8, 4) is 0 Å². The highest BCUT2D eigenvalue weighted by Crippen LogP contribution is 2.24. The molecule has 2 aromatic rings. The van der Waals surface area contributed by atoms with Gasteiger partial charge in [0, 0.05) is 12.1 Å². The van der Waals surface area contributed by atoms with Crippen molar-refractivity contribution in [2.75, 3.05) is 12.3 Å². The van der Waals surface area contributed by atoms with Crippen LogP contribution in [0.25, 0.3) is 0 Å². The van der Waals surface area contributed by atoms with E-state index in [-0.39, 0.29) is 5.97 Å². The molecule has 0 aliphatic heterocycles. The lowest BCUT2D eigenvalue weighted by molar-refractivity contribution is 0.0527. The largest absolute Gasteiger partial charge is 0.462 e. The molecule has 0 radical (unpaired) electrons. The lowest BCUT2D eigenvalue weighted by atomic mass is 10.0. The standard InChI is InChI=1S/C15H18N2O2/c1-3-19-15(18)13-12(10(2)17-14(13)16)9-11-7-5-4-6-8-11/h4-8,17H,3,9,16H2,1-2H3. The molecular formula is C15H18N2O2. The summed E-state index contributed by atoms with van der Waals surface area (Å²) in [6.07, 6.45) is 0.661. The highest BCUT2D eigenvalue weighted by atomic mass is 16.5. The molecule has 4 heteroatoms. The molecule has 3 N–H and O–H groups in total. The third-order valence-electron chi connectivity index (χ3n) is 3.05. The fraction of sp³-hybridized carbons (Fsp3) is 0.267. The minimum Gasteiger partial charge on any atom is -0.462 e. The first-order valence-electron chi connectivity index (χ1n) is 6.31. The van der Waals surface area contributed by atoms with E-state index in [0.29, 0.717) is 24.4 Å². The molecule has 0 bridgehead atoms. The van der Waals surface area contributed by atoms with Crippen molar-refractivity contribution in [2.24, 2.45) is 0 Å². The molecule has 0 fully saturated rings. The maximum Gasteiger partial charge on any atom is 0.342 e. The van der Waals surface area contributed by atoms with Gasteiger partial charge in [-0.2, -0.15) is 0 Å². The van der Waals surface area contributed by atoms with Gasteiger partial charge in [0.2, 0.25) is 0 Å². The van der Waals surface area contributed by atoms with E-state index in [4.69, 9.17) is 10.5 Å². The quantitative estimate of drug-likeness (QED) is 0.828. The van der Waals surface area contributed by atoms with Crippen LogP contribution in [-0.2, 0) is 11.2 Å². The molecule has 19 heavy (non-hydrogen) atoms. The second-order valence-electron chi connectivity index (χ2n) is 4.40. The maximum atomic E-state index is 12.0. The predicted molar refractivity (Wildman–Crippen MR) is 75.1 cm³/mol. The van der Waals surface area contributed by atoms with Crippen LogP contribution >= 0.6 is 0 Å². The normalized spacial score (nSPS) is 10.4. The minimum atomic E-state index is -0.365. The summed E-state index contributed by atoms with van der Waals surface area (Å²) in [4.78, 5) is 15.0. The van der Waals surface area contributed by atoms with Gasteiger partial charge in [-0.05, 0) is 25.0 Å². The van der Waals surface area contributed by atoms with Crippen molar-refractivity contribution >= 4 is 11.8 Å². The van der Waals surface area contributed by atoms with E-state index >= 15 is 0 Å². The first-order valence-corrected chi connectivity index (χ1v) is 6.31. The van der Waals surface area contributed by atoms with Gasteiger partial charge in [-0.15, -0.1) is 0 Å². The number of aromatic amines is 1. The van der Waals surface area contributed by atoms with Gasteiger partial charge in [-0.3, -0.25) is 0 Å². The summed E-state index contributed by atoms with van der Waals surface area (Å²) in [5.74, 6) is 0.0113. The maximum absolute atomic E-state index is 12.0. The van der Waals surface area contributed by atoms with Gasteiger partial charge in [-0.1, -0.05) is 30.3 Å². The number of hydrogen-bond acceptors (Lipinski definition) is 3. The van der Waals surface area contributed by atoms with E-state index in [9.17, 15) is 4.79 Å². The van der Waals surface area contributed by atoms with E-state index in [1.165, 1.54) is 0 Å². The number of hydrogen-bond donors (Lipinski definition) is 2. The number of H-pyrrole nitrogens is 1. The number of aryl methyl sites for hydroxylation is 1. The number of benzene rings is 1. The Morgan fingerprint density at radius 2 is 2.00 bits per heavy atom. The number of nitrogens with one attached hydrogen (secondary N) is 1. The molecule has 100 valence electrons. The second kappa shape index (κ2) is 5.61. The Hall–Kier alpha value is -2.23. The molecule has 2 rings (SSSR count). The molecule has 0 amide bonds. The number of aromatic nitrogens is 1. The van der Waals surface area contributed by atoms with Crippen LogP contribution in [0.3, 0.4) is 0 Å². The molecule has 0 spiro atoms. The fourth-order valence-corrected chi connectivity index (χ4v) is 2.15. The molecule has 4 nitrogen and oxygen atoms in total. The zero-order valence-electron chi connectivity index (χ0n) is 11.2. The molecule has 1 heterocycles. The number of nitrogen functional groups attached to an aromatic ring is 1. The molecule has 0 aliphatic carbocycles. The minimum absolute atomic E-state index is 0.341. The zero-order valence-corrected chi connectivity index (χ0v) is 11.2. The fourth-order valence-electron chi connectivity index (χ4n) is 2.15. The summed E-state index contributed by atoms with van der Waals surface area (Å²) >= 11 is 0. The summed E-state index contributed by atoms with van der Waals surface area (Å²) in [7, 11) is 0. The van der Waals surface area contributed by atoms with Crippen molar-refractivity contribution in [3.05, 3.63) is 52.7 Å². The van der Waals surface area contributed by atoms with Gasteiger partial charge in [-0.25, -0.2) is 4.79 Å². The van der Waals surface area contributed by atoms with E-state index in [1.54, 1.807) is 6.92 Å². The number of nitrogens with two attached hydrogens (primary N) is 1. The number of ether oxygens (including phenoxy) is 1. The predicted octanol–water partition coefficient (Wildman–Crippen LogP) is 2.67. The van der Waals surface area contributed by atoms with Crippen LogP contribution in [0.15, 0.2) is 30.3 Å². The van der Waals surface area contributed by atoms with Crippen molar-refractivity contribution in [1.82, 2.24) is 4.98 Å². The van der Waals surface area contributed by atoms with Crippen molar-refractivity contribution < 1.29 is 9.53 Å². The smallest absolute Gasteiger partial charge is 0.342 e. The SMILES string of the molecule is CCOC(=O)c1c(N)[nH]c(C)c1Cc1ccccc1. The van der Waals surface area contributed by atoms with Crippen LogP contribution in [0, 0.1) is 6.92 Å². The number of anilines is 1. The lowest BCUT2D eigenvalue weighted by Crippen LogP contribution is -2.09. The summed E-state index contributed by atoms with van der Waals surface area (Å²) < 4.78 is 5.06.